The van der Waals surface area contributed by atoms with Crippen LogP contribution >= 0.6 is 0 Å². The Kier molecular flexibility index (Phi) is 5.41. The molecule has 1 unspecified atom stereocenters. The van der Waals surface area contributed by atoms with Crippen molar-refractivity contribution in [2.75, 3.05) is 25.1 Å². The number of hydrogen-bond acceptors (Lipinski definition) is 4. The van der Waals surface area contributed by atoms with E-state index in [0.717, 1.165) is 6.42 Å². The zero-order valence-corrected chi connectivity index (χ0v) is 14.2. The minimum atomic E-state index is -3.05. The molecule has 2 rings (SSSR count). The lowest BCUT2D eigenvalue weighted by Gasteiger charge is -2.23. The second-order valence-corrected chi connectivity index (χ2v) is 8.04. The van der Waals surface area contributed by atoms with Gasteiger partial charge in [-0.05, 0) is 31.0 Å². The van der Waals surface area contributed by atoms with E-state index in [1.165, 1.54) is 4.90 Å². The Morgan fingerprint density at radius 3 is 2.61 bits per heavy atom. The average Bonchev–Trinajstić information content (AvgIpc) is 2.91. The fourth-order valence-electron chi connectivity index (χ4n) is 2.58. The summed E-state index contributed by atoms with van der Waals surface area (Å²) in [5, 5.41) is 2.77. The number of carbonyl (C=O) groups is 2. The highest BCUT2D eigenvalue weighted by Gasteiger charge is 2.33. The largest absolute Gasteiger partial charge is 0.352 e. The van der Waals surface area contributed by atoms with Gasteiger partial charge in [0.15, 0.2) is 9.84 Å². The summed E-state index contributed by atoms with van der Waals surface area (Å²) in [5.41, 5.74) is 0.817. The quantitative estimate of drug-likeness (QED) is 0.871. The van der Waals surface area contributed by atoms with Crippen molar-refractivity contribution in [1.29, 1.82) is 0 Å². The summed E-state index contributed by atoms with van der Waals surface area (Å²) in [7, 11) is -1.44. The van der Waals surface area contributed by atoms with E-state index >= 15 is 0 Å². The molecule has 23 heavy (non-hydrogen) atoms. The SMILES string of the molecule is CCCNC(=O)c1cccc(C(=O)N(C)C2CCS(=O)(=O)C2)c1. The third-order valence-corrected chi connectivity index (χ3v) is 5.73. The number of nitrogens with one attached hydrogen (secondary N) is 1. The first-order valence-corrected chi connectivity index (χ1v) is 9.52. The number of amides is 2. The van der Waals surface area contributed by atoms with E-state index in [2.05, 4.69) is 5.32 Å². The molecule has 1 fully saturated rings. The van der Waals surface area contributed by atoms with Gasteiger partial charge in [0.25, 0.3) is 11.8 Å². The van der Waals surface area contributed by atoms with E-state index in [-0.39, 0.29) is 29.4 Å². The van der Waals surface area contributed by atoms with Gasteiger partial charge in [-0.2, -0.15) is 0 Å². The second kappa shape index (κ2) is 7.12. The summed E-state index contributed by atoms with van der Waals surface area (Å²) in [6, 6.07) is 6.20. The Morgan fingerprint density at radius 1 is 1.30 bits per heavy atom. The molecule has 1 aromatic rings. The monoisotopic (exact) mass is 338 g/mol. The molecule has 0 aromatic heterocycles. The van der Waals surface area contributed by atoms with Crippen LogP contribution in [0.3, 0.4) is 0 Å². The number of carbonyl (C=O) groups excluding carboxylic acids is 2. The number of sulfone groups is 1. The van der Waals surface area contributed by atoms with Crippen molar-refractivity contribution in [3.8, 4) is 0 Å². The molecule has 1 N–H and O–H groups in total. The molecule has 126 valence electrons. The Hall–Kier alpha value is -1.89. The van der Waals surface area contributed by atoms with Crippen molar-refractivity contribution in [3.63, 3.8) is 0 Å². The third-order valence-electron chi connectivity index (χ3n) is 3.98. The summed E-state index contributed by atoms with van der Waals surface area (Å²) in [4.78, 5) is 26.0. The number of hydrogen-bond donors (Lipinski definition) is 1. The first kappa shape index (κ1) is 17.5. The minimum absolute atomic E-state index is 0.00587. The Morgan fingerprint density at radius 2 is 2.00 bits per heavy atom. The topological polar surface area (TPSA) is 83.6 Å². The maximum absolute atomic E-state index is 12.5. The van der Waals surface area contributed by atoms with Gasteiger partial charge in [0.1, 0.15) is 0 Å². The molecule has 1 saturated heterocycles. The highest BCUT2D eigenvalue weighted by Crippen LogP contribution is 2.19. The zero-order valence-electron chi connectivity index (χ0n) is 13.4. The molecule has 1 aliphatic heterocycles. The van der Waals surface area contributed by atoms with Crippen molar-refractivity contribution < 1.29 is 18.0 Å². The Balaban J connectivity index is 2.12. The van der Waals surface area contributed by atoms with Crippen LogP contribution in [0.15, 0.2) is 24.3 Å². The summed E-state index contributed by atoms with van der Waals surface area (Å²) in [6.07, 6.45) is 1.30. The van der Waals surface area contributed by atoms with Gasteiger partial charge in [-0.25, -0.2) is 8.42 Å². The molecule has 1 aromatic carbocycles. The molecular weight excluding hydrogens is 316 g/mol. The molecule has 1 aliphatic rings. The first-order chi connectivity index (χ1) is 10.8. The lowest BCUT2D eigenvalue weighted by molar-refractivity contribution is 0.0747. The Labute approximate surface area is 136 Å². The van der Waals surface area contributed by atoms with E-state index in [1.54, 1.807) is 31.3 Å². The summed E-state index contributed by atoms with van der Waals surface area (Å²) >= 11 is 0. The zero-order chi connectivity index (χ0) is 17.0. The molecule has 0 aliphatic carbocycles. The van der Waals surface area contributed by atoms with Gasteiger partial charge in [-0.3, -0.25) is 9.59 Å². The van der Waals surface area contributed by atoms with Gasteiger partial charge in [0, 0.05) is 30.8 Å². The highest BCUT2D eigenvalue weighted by atomic mass is 32.2. The van der Waals surface area contributed by atoms with Crippen molar-refractivity contribution >= 4 is 21.7 Å². The van der Waals surface area contributed by atoms with Crippen molar-refractivity contribution in [1.82, 2.24) is 10.2 Å². The maximum Gasteiger partial charge on any atom is 0.253 e. The van der Waals surface area contributed by atoms with Crippen LogP contribution in [0, 0.1) is 0 Å². The van der Waals surface area contributed by atoms with Crippen LogP contribution in [0.4, 0.5) is 0 Å². The molecular formula is C16H22N2O4S. The second-order valence-electron chi connectivity index (χ2n) is 5.81. The third kappa shape index (κ3) is 4.31. The van der Waals surface area contributed by atoms with Crippen LogP contribution in [0.25, 0.3) is 0 Å². The number of rotatable bonds is 5. The van der Waals surface area contributed by atoms with Gasteiger partial charge in [-0.15, -0.1) is 0 Å². The molecule has 0 saturated carbocycles. The smallest absolute Gasteiger partial charge is 0.253 e. The predicted molar refractivity (Wildman–Crippen MR) is 88.2 cm³/mol. The highest BCUT2D eigenvalue weighted by molar-refractivity contribution is 7.91. The lowest BCUT2D eigenvalue weighted by Crippen LogP contribution is -2.38. The molecule has 1 atom stereocenters. The minimum Gasteiger partial charge on any atom is -0.352 e. The van der Waals surface area contributed by atoms with E-state index in [0.29, 0.717) is 24.1 Å². The standard InChI is InChI=1S/C16H22N2O4S/c1-3-8-17-15(19)12-5-4-6-13(10-12)16(20)18(2)14-7-9-23(21,22)11-14/h4-6,10,14H,3,7-9,11H2,1-2H3,(H,17,19). The summed E-state index contributed by atoms with van der Waals surface area (Å²) < 4.78 is 23.1. The molecule has 7 heteroatoms. The van der Waals surface area contributed by atoms with E-state index in [4.69, 9.17) is 0 Å². The van der Waals surface area contributed by atoms with Crippen molar-refractivity contribution in [2.45, 2.75) is 25.8 Å². The molecule has 1 heterocycles. The normalized spacial score (nSPS) is 19.3. The molecule has 0 spiro atoms. The van der Waals surface area contributed by atoms with E-state index in [9.17, 15) is 18.0 Å². The van der Waals surface area contributed by atoms with Crippen molar-refractivity contribution in [3.05, 3.63) is 35.4 Å². The first-order valence-electron chi connectivity index (χ1n) is 7.70. The van der Waals surface area contributed by atoms with Crippen LogP contribution < -0.4 is 5.32 Å². The fraction of sp³-hybridized carbons (Fsp3) is 0.500. The van der Waals surface area contributed by atoms with Gasteiger partial charge < -0.3 is 10.2 Å². The van der Waals surface area contributed by atoms with Crippen LogP contribution in [0.1, 0.15) is 40.5 Å². The number of nitrogens with zero attached hydrogens (tertiary/aromatic N) is 1. The van der Waals surface area contributed by atoms with Gasteiger partial charge in [-0.1, -0.05) is 13.0 Å². The van der Waals surface area contributed by atoms with Gasteiger partial charge in [0.2, 0.25) is 0 Å². The van der Waals surface area contributed by atoms with Crippen molar-refractivity contribution in [2.24, 2.45) is 0 Å². The van der Waals surface area contributed by atoms with Gasteiger partial charge >= 0.3 is 0 Å². The maximum atomic E-state index is 12.5. The molecule has 0 bridgehead atoms. The average molecular weight is 338 g/mol. The summed E-state index contributed by atoms with van der Waals surface area (Å²) in [6.45, 7) is 2.54. The van der Waals surface area contributed by atoms with Crippen LogP contribution in [-0.2, 0) is 9.84 Å². The number of benzene rings is 1. The predicted octanol–water partition coefficient (Wildman–Crippen LogP) is 1.09. The Bertz CT molecular complexity index is 700. The van der Waals surface area contributed by atoms with Crippen LogP contribution in [0.5, 0.6) is 0 Å². The van der Waals surface area contributed by atoms with E-state index < -0.39 is 9.84 Å². The lowest BCUT2D eigenvalue weighted by atomic mass is 10.1. The van der Waals surface area contributed by atoms with Crippen LogP contribution in [0.2, 0.25) is 0 Å². The fourth-order valence-corrected chi connectivity index (χ4v) is 4.36. The molecule has 6 nitrogen and oxygen atoms in total. The molecule has 2 amide bonds. The van der Waals surface area contributed by atoms with Gasteiger partial charge in [0.05, 0.1) is 11.5 Å². The summed E-state index contributed by atoms with van der Waals surface area (Å²) in [5.74, 6) is -0.356. The van der Waals surface area contributed by atoms with Crippen LogP contribution in [-0.4, -0.2) is 56.3 Å². The molecule has 0 radical (unpaired) electrons. The van der Waals surface area contributed by atoms with E-state index in [1.807, 2.05) is 6.92 Å².